The van der Waals surface area contributed by atoms with E-state index in [1.54, 1.807) is 7.11 Å². The number of hydrogen-bond donors (Lipinski definition) is 0. The van der Waals surface area contributed by atoms with E-state index in [1.165, 1.54) is 11.1 Å². The normalized spacial score (nSPS) is 17.1. The minimum atomic E-state index is 0.168. The molecule has 0 saturated carbocycles. The van der Waals surface area contributed by atoms with Gasteiger partial charge in [0.05, 0.1) is 7.11 Å². The van der Waals surface area contributed by atoms with Gasteiger partial charge in [-0.1, -0.05) is 24.3 Å². The lowest BCUT2D eigenvalue weighted by Crippen LogP contribution is -2.37. The Balaban J connectivity index is 1.80. The molecule has 2 aromatic rings. The summed E-state index contributed by atoms with van der Waals surface area (Å²) in [6, 6.07) is 14.4. The Morgan fingerprint density at radius 1 is 1.21 bits per heavy atom. The highest BCUT2D eigenvalue weighted by atomic mass is 16.5. The summed E-state index contributed by atoms with van der Waals surface area (Å²) in [6.07, 6.45) is 3.02. The van der Waals surface area contributed by atoms with E-state index >= 15 is 0 Å². The van der Waals surface area contributed by atoms with Crippen LogP contribution in [0.1, 0.15) is 39.9 Å². The average Bonchev–Trinajstić information content (AvgIpc) is 3.05. The number of hydrogen-bond acceptors (Lipinski definition) is 2. The molecule has 24 heavy (non-hydrogen) atoms. The van der Waals surface area contributed by atoms with Gasteiger partial charge in [0.1, 0.15) is 5.75 Å². The predicted molar refractivity (Wildman–Crippen MR) is 96.7 cm³/mol. The number of nitrogens with zero attached hydrogens (tertiary/aromatic N) is 1. The molecule has 3 nitrogen and oxygen atoms in total. The number of methoxy groups -OCH3 is 1. The summed E-state index contributed by atoms with van der Waals surface area (Å²) in [7, 11) is 1.69. The summed E-state index contributed by atoms with van der Waals surface area (Å²) in [5, 5.41) is 0. The van der Waals surface area contributed by atoms with Crippen LogP contribution < -0.4 is 4.74 Å². The fraction of sp³-hybridized carbons (Fsp3) is 0.381. The van der Waals surface area contributed by atoms with Crippen LogP contribution in [0.25, 0.3) is 0 Å². The smallest absolute Gasteiger partial charge is 0.254 e. The molecule has 126 valence electrons. The molecule has 0 N–H and O–H groups in total. The summed E-state index contributed by atoms with van der Waals surface area (Å²) in [5.74, 6) is 1.04. The Morgan fingerprint density at radius 3 is 2.79 bits per heavy atom. The second-order valence-electron chi connectivity index (χ2n) is 6.60. The van der Waals surface area contributed by atoms with E-state index in [9.17, 15) is 4.79 Å². The van der Waals surface area contributed by atoms with Crippen molar-refractivity contribution in [1.29, 1.82) is 0 Å². The largest absolute Gasteiger partial charge is 0.497 e. The number of likely N-dealkylation sites (tertiary alicyclic amines) is 1. The first-order valence-electron chi connectivity index (χ1n) is 8.60. The molecule has 1 aliphatic rings. The van der Waals surface area contributed by atoms with Crippen LogP contribution in [0.15, 0.2) is 42.5 Å². The molecule has 2 aromatic carbocycles. The van der Waals surface area contributed by atoms with Gasteiger partial charge in [-0.05, 0) is 68.0 Å². The minimum absolute atomic E-state index is 0.168. The Hall–Kier alpha value is -2.29. The number of amides is 1. The van der Waals surface area contributed by atoms with Crippen molar-refractivity contribution in [3.63, 3.8) is 0 Å². The van der Waals surface area contributed by atoms with Crippen molar-refractivity contribution in [2.75, 3.05) is 13.7 Å². The van der Waals surface area contributed by atoms with Gasteiger partial charge in [-0.25, -0.2) is 0 Å². The highest BCUT2D eigenvalue weighted by Crippen LogP contribution is 2.26. The SMILES string of the molecule is COc1cccc(CC2CCCN2C(=O)c2cccc(C)c2C)c1. The molecule has 0 aromatic heterocycles. The molecule has 1 fully saturated rings. The molecule has 1 atom stereocenters. The highest BCUT2D eigenvalue weighted by molar-refractivity contribution is 5.96. The van der Waals surface area contributed by atoms with Crippen LogP contribution in [0.4, 0.5) is 0 Å². The Kier molecular flexibility index (Phi) is 4.89. The molecule has 0 bridgehead atoms. The first-order valence-corrected chi connectivity index (χ1v) is 8.60. The van der Waals surface area contributed by atoms with E-state index in [4.69, 9.17) is 4.74 Å². The van der Waals surface area contributed by atoms with Crippen molar-refractivity contribution in [3.8, 4) is 5.75 Å². The molecule has 0 aliphatic carbocycles. The molecule has 1 heterocycles. The maximum Gasteiger partial charge on any atom is 0.254 e. The van der Waals surface area contributed by atoms with Crippen LogP contribution in [-0.2, 0) is 6.42 Å². The Labute approximate surface area is 144 Å². The van der Waals surface area contributed by atoms with Crippen molar-refractivity contribution < 1.29 is 9.53 Å². The molecule has 1 amide bonds. The van der Waals surface area contributed by atoms with Crippen LogP contribution >= 0.6 is 0 Å². The van der Waals surface area contributed by atoms with E-state index in [0.29, 0.717) is 0 Å². The lowest BCUT2D eigenvalue weighted by atomic mass is 10.0. The monoisotopic (exact) mass is 323 g/mol. The number of carbonyl (C=O) groups excluding carboxylic acids is 1. The zero-order valence-corrected chi connectivity index (χ0v) is 14.7. The van der Waals surface area contributed by atoms with Crippen LogP contribution in [-0.4, -0.2) is 30.5 Å². The van der Waals surface area contributed by atoms with Crippen LogP contribution in [0.5, 0.6) is 5.75 Å². The van der Waals surface area contributed by atoms with Crippen LogP contribution in [0.3, 0.4) is 0 Å². The van der Waals surface area contributed by atoms with Crippen molar-refractivity contribution in [3.05, 3.63) is 64.7 Å². The fourth-order valence-corrected chi connectivity index (χ4v) is 3.52. The second kappa shape index (κ2) is 7.08. The molecule has 0 spiro atoms. The minimum Gasteiger partial charge on any atom is -0.497 e. The summed E-state index contributed by atoms with van der Waals surface area (Å²) in [6.45, 7) is 4.94. The second-order valence-corrected chi connectivity index (χ2v) is 6.60. The summed E-state index contributed by atoms with van der Waals surface area (Å²) < 4.78 is 5.31. The summed E-state index contributed by atoms with van der Waals surface area (Å²) in [5.41, 5.74) is 4.33. The topological polar surface area (TPSA) is 29.5 Å². The van der Waals surface area contributed by atoms with Crippen LogP contribution in [0.2, 0.25) is 0 Å². The third-order valence-electron chi connectivity index (χ3n) is 5.08. The van der Waals surface area contributed by atoms with Gasteiger partial charge in [0.25, 0.3) is 5.91 Å². The average molecular weight is 323 g/mol. The standard InChI is InChI=1S/C21H25NO2/c1-15-7-4-11-20(16(15)2)21(23)22-12-6-9-18(22)13-17-8-5-10-19(14-17)24-3/h4-5,7-8,10-11,14,18H,6,9,12-13H2,1-3H3. The molecular formula is C21H25NO2. The molecule has 1 saturated heterocycles. The quantitative estimate of drug-likeness (QED) is 0.845. The van der Waals surface area contributed by atoms with Crippen LogP contribution in [0, 0.1) is 13.8 Å². The fourth-order valence-electron chi connectivity index (χ4n) is 3.52. The van der Waals surface area contributed by atoms with E-state index in [-0.39, 0.29) is 11.9 Å². The van der Waals surface area contributed by atoms with Gasteiger partial charge in [0.2, 0.25) is 0 Å². The van der Waals surface area contributed by atoms with Crippen molar-refractivity contribution in [1.82, 2.24) is 4.90 Å². The van der Waals surface area contributed by atoms with Gasteiger partial charge < -0.3 is 9.64 Å². The summed E-state index contributed by atoms with van der Waals surface area (Å²) >= 11 is 0. The number of aryl methyl sites for hydroxylation is 1. The summed E-state index contributed by atoms with van der Waals surface area (Å²) in [4.78, 5) is 15.1. The van der Waals surface area contributed by atoms with E-state index in [0.717, 1.165) is 42.7 Å². The molecule has 1 aliphatic heterocycles. The predicted octanol–water partition coefficient (Wildman–Crippen LogP) is 4.16. The maximum atomic E-state index is 13.0. The maximum absolute atomic E-state index is 13.0. The van der Waals surface area contributed by atoms with Crippen molar-refractivity contribution in [2.45, 2.75) is 39.2 Å². The van der Waals surface area contributed by atoms with E-state index < -0.39 is 0 Å². The highest BCUT2D eigenvalue weighted by Gasteiger charge is 2.30. The van der Waals surface area contributed by atoms with Gasteiger partial charge in [0, 0.05) is 18.2 Å². The third kappa shape index (κ3) is 3.30. The van der Waals surface area contributed by atoms with Gasteiger partial charge in [-0.3, -0.25) is 4.79 Å². The molecule has 3 heteroatoms. The lowest BCUT2D eigenvalue weighted by molar-refractivity contribution is 0.0735. The van der Waals surface area contributed by atoms with Crippen molar-refractivity contribution >= 4 is 5.91 Å². The number of ether oxygens (including phenoxy) is 1. The molecular weight excluding hydrogens is 298 g/mol. The van der Waals surface area contributed by atoms with Crippen molar-refractivity contribution in [2.24, 2.45) is 0 Å². The molecule has 0 radical (unpaired) electrons. The number of carbonyl (C=O) groups is 1. The van der Waals surface area contributed by atoms with Gasteiger partial charge in [-0.2, -0.15) is 0 Å². The Bertz CT molecular complexity index is 738. The van der Waals surface area contributed by atoms with Gasteiger partial charge in [0.15, 0.2) is 0 Å². The molecule has 1 unspecified atom stereocenters. The zero-order chi connectivity index (χ0) is 17.1. The molecule has 3 rings (SSSR count). The third-order valence-corrected chi connectivity index (χ3v) is 5.08. The van der Waals surface area contributed by atoms with E-state index in [1.807, 2.05) is 31.2 Å². The first kappa shape index (κ1) is 16.6. The number of benzene rings is 2. The van der Waals surface area contributed by atoms with Gasteiger partial charge in [-0.15, -0.1) is 0 Å². The van der Waals surface area contributed by atoms with Gasteiger partial charge >= 0.3 is 0 Å². The lowest BCUT2D eigenvalue weighted by Gasteiger charge is -2.26. The van der Waals surface area contributed by atoms with E-state index in [2.05, 4.69) is 30.0 Å². The Morgan fingerprint density at radius 2 is 2.00 bits per heavy atom. The first-order chi connectivity index (χ1) is 11.6. The number of rotatable bonds is 4. The zero-order valence-electron chi connectivity index (χ0n) is 14.7.